The molecule has 0 radical (unpaired) electrons. The van der Waals surface area contributed by atoms with E-state index >= 15 is 0 Å². The molecule has 0 N–H and O–H groups in total. The number of rotatable bonds is 12. The van der Waals surface area contributed by atoms with Crippen LogP contribution in [-0.4, -0.2) is 71.0 Å². The van der Waals surface area contributed by atoms with Crippen LogP contribution in [0.25, 0.3) is 5.65 Å². The highest BCUT2D eigenvalue weighted by atomic mass is 16.5. The number of aryl methyl sites for hydroxylation is 1. The molecule has 2 saturated heterocycles. The van der Waals surface area contributed by atoms with Crippen molar-refractivity contribution in [3.63, 3.8) is 0 Å². The first-order valence-corrected chi connectivity index (χ1v) is 14.5. The lowest BCUT2D eigenvalue weighted by atomic mass is 9.94. The van der Waals surface area contributed by atoms with Gasteiger partial charge in [0.25, 0.3) is 5.91 Å². The normalized spacial score (nSPS) is 17.6. The van der Waals surface area contributed by atoms with E-state index in [0.29, 0.717) is 17.8 Å². The Hall–Kier alpha value is -1.92. The Morgan fingerprint density at radius 3 is 2.36 bits per heavy atom. The molecule has 0 aliphatic carbocycles. The van der Waals surface area contributed by atoms with Crippen LogP contribution in [-0.2, 0) is 11.2 Å². The van der Waals surface area contributed by atoms with Crippen molar-refractivity contribution in [1.82, 2.24) is 19.2 Å². The smallest absolute Gasteiger partial charge is 0.255 e. The van der Waals surface area contributed by atoms with Crippen molar-refractivity contribution in [2.75, 3.05) is 45.9 Å². The zero-order chi connectivity index (χ0) is 25.5. The first-order valence-electron chi connectivity index (χ1n) is 14.5. The van der Waals surface area contributed by atoms with Crippen LogP contribution < -0.4 is 0 Å². The highest BCUT2D eigenvalue weighted by molar-refractivity contribution is 5.94. The number of pyridine rings is 1. The molecule has 4 heterocycles. The quantitative estimate of drug-likeness (QED) is 0.373. The van der Waals surface area contributed by atoms with Gasteiger partial charge in [0.1, 0.15) is 5.65 Å². The van der Waals surface area contributed by atoms with Crippen molar-refractivity contribution in [3.8, 4) is 0 Å². The molecule has 36 heavy (non-hydrogen) atoms. The number of aromatic nitrogens is 2. The Bertz CT molecular complexity index is 959. The van der Waals surface area contributed by atoms with Gasteiger partial charge >= 0.3 is 0 Å². The van der Waals surface area contributed by atoms with E-state index in [0.717, 1.165) is 82.6 Å². The number of nitrogens with zero attached hydrogens (tertiary/aromatic N) is 4. The van der Waals surface area contributed by atoms with E-state index in [4.69, 9.17) is 9.72 Å². The molecule has 4 rings (SSSR count). The number of carbonyl (C=O) groups excluding carboxylic acids is 1. The molecule has 0 aromatic carbocycles. The highest BCUT2D eigenvalue weighted by Crippen LogP contribution is 2.31. The standard InChI is InChI=1S/C30H48N4O2/c1-23(2)11-18-33(19-12-24(3)4)30(35)26-9-10-28-31-29(25-13-20-36-21-14-25)27(34(28)22-26)8-7-17-32-15-5-6-16-32/h9-10,22-25H,5-8,11-21H2,1-4H3. The van der Waals surface area contributed by atoms with E-state index in [-0.39, 0.29) is 5.91 Å². The zero-order valence-corrected chi connectivity index (χ0v) is 23.2. The molecule has 2 aliphatic heterocycles. The van der Waals surface area contributed by atoms with Gasteiger partial charge in [-0.25, -0.2) is 4.98 Å². The van der Waals surface area contributed by atoms with Gasteiger partial charge in [-0.2, -0.15) is 0 Å². The minimum absolute atomic E-state index is 0.155. The van der Waals surface area contributed by atoms with Crippen LogP contribution in [0, 0.1) is 11.8 Å². The molecule has 0 bridgehead atoms. The largest absolute Gasteiger partial charge is 0.381 e. The Morgan fingerprint density at radius 2 is 1.72 bits per heavy atom. The van der Waals surface area contributed by atoms with Crippen molar-refractivity contribution in [1.29, 1.82) is 0 Å². The average molecular weight is 497 g/mol. The number of imidazole rings is 1. The Balaban J connectivity index is 1.59. The minimum Gasteiger partial charge on any atom is -0.381 e. The number of ether oxygens (including phenoxy) is 1. The number of hydrogen-bond donors (Lipinski definition) is 0. The van der Waals surface area contributed by atoms with Gasteiger partial charge in [0.2, 0.25) is 0 Å². The molecule has 0 unspecified atom stereocenters. The third-order valence-electron chi connectivity index (χ3n) is 7.93. The fraction of sp³-hybridized carbons (Fsp3) is 0.733. The molecule has 2 aromatic heterocycles. The third-order valence-corrected chi connectivity index (χ3v) is 7.93. The Labute approximate surface area is 218 Å². The third kappa shape index (κ3) is 7.10. The summed E-state index contributed by atoms with van der Waals surface area (Å²) in [5, 5.41) is 0. The average Bonchev–Trinajstić information content (AvgIpc) is 3.52. The van der Waals surface area contributed by atoms with Gasteiger partial charge in [-0.15, -0.1) is 0 Å². The van der Waals surface area contributed by atoms with Crippen LogP contribution in [0.15, 0.2) is 18.3 Å². The number of hydrogen-bond acceptors (Lipinski definition) is 4. The lowest BCUT2D eigenvalue weighted by Crippen LogP contribution is -2.34. The highest BCUT2D eigenvalue weighted by Gasteiger charge is 2.25. The summed E-state index contributed by atoms with van der Waals surface area (Å²) in [7, 11) is 0. The van der Waals surface area contributed by atoms with Gasteiger partial charge in [-0.1, -0.05) is 27.7 Å². The molecule has 0 atom stereocenters. The molecule has 2 aliphatic rings. The van der Waals surface area contributed by atoms with Gasteiger partial charge in [0.15, 0.2) is 0 Å². The summed E-state index contributed by atoms with van der Waals surface area (Å²) < 4.78 is 7.89. The van der Waals surface area contributed by atoms with E-state index < -0.39 is 0 Å². The summed E-state index contributed by atoms with van der Waals surface area (Å²) in [4.78, 5) is 23.5. The van der Waals surface area contributed by atoms with E-state index in [9.17, 15) is 4.79 Å². The molecule has 6 heteroatoms. The molecular formula is C30H48N4O2. The predicted octanol–water partition coefficient (Wildman–Crippen LogP) is 5.79. The second kappa shape index (κ2) is 13.0. The Morgan fingerprint density at radius 1 is 1.06 bits per heavy atom. The fourth-order valence-corrected chi connectivity index (χ4v) is 5.59. The second-order valence-electron chi connectivity index (χ2n) is 11.8. The summed E-state index contributed by atoms with van der Waals surface area (Å²) in [5.41, 5.74) is 4.30. The van der Waals surface area contributed by atoms with Crippen molar-refractivity contribution in [3.05, 3.63) is 35.3 Å². The van der Waals surface area contributed by atoms with Crippen molar-refractivity contribution in [2.45, 2.75) is 85.0 Å². The number of carbonyl (C=O) groups is 1. The zero-order valence-electron chi connectivity index (χ0n) is 23.2. The van der Waals surface area contributed by atoms with E-state index in [1.807, 2.05) is 6.07 Å². The van der Waals surface area contributed by atoms with E-state index in [1.165, 1.54) is 37.3 Å². The van der Waals surface area contributed by atoms with Crippen LogP contribution in [0.1, 0.15) is 100 Å². The summed E-state index contributed by atoms with van der Waals surface area (Å²) in [6, 6.07) is 4.05. The Kier molecular flexibility index (Phi) is 9.83. The number of amides is 1. The van der Waals surface area contributed by atoms with Crippen LogP contribution in [0.4, 0.5) is 0 Å². The molecule has 2 aromatic rings. The van der Waals surface area contributed by atoms with E-state index in [1.54, 1.807) is 0 Å². The predicted molar refractivity (Wildman–Crippen MR) is 147 cm³/mol. The molecule has 200 valence electrons. The van der Waals surface area contributed by atoms with Crippen LogP contribution >= 0.6 is 0 Å². The van der Waals surface area contributed by atoms with E-state index in [2.05, 4.69) is 54.2 Å². The van der Waals surface area contributed by atoms with Gasteiger partial charge in [-0.05, 0) is 95.0 Å². The molecule has 2 fully saturated rings. The minimum atomic E-state index is 0.155. The monoisotopic (exact) mass is 496 g/mol. The van der Waals surface area contributed by atoms with Crippen molar-refractivity contribution >= 4 is 11.6 Å². The SMILES string of the molecule is CC(C)CCN(CCC(C)C)C(=O)c1ccc2nc(C3CCOCC3)c(CCCN3CCCC3)n2c1. The lowest BCUT2D eigenvalue weighted by Gasteiger charge is -2.25. The van der Waals surface area contributed by atoms with Gasteiger partial charge in [0.05, 0.1) is 11.3 Å². The molecule has 0 spiro atoms. The maximum Gasteiger partial charge on any atom is 0.255 e. The van der Waals surface area contributed by atoms with Crippen LogP contribution in [0.5, 0.6) is 0 Å². The van der Waals surface area contributed by atoms with Crippen molar-refractivity contribution in [2.24, 2.45) is 11.8 Å². The molecule has 6 nitrogen and oxygen atoms in total. The topological polar surface area (TPSA) is 50.1 Å². The number of fused-ring (bicyclic) bond motifs is 1. The maximum absolute atomic E-state index is 13.7. The first kappa shape index (κ1) is 27.1. The fourth-order valence-electron chi connectivity index (χ4n) is 5.59. The van der Waals surface area contributed by atoms with Gasteiger partial charge < -0.3 is 18.9 Å². The summed E-state index contributed by atoms with van der Waals surface area (Å²) >= 11 is 0. The summed E-state index contributed by atoms with van der Waals surface area (Å²) in [6.07, 6.45) is 11.0. The van der Waals surface area contributed by atoms with Gasteiger partial charge in [-0.3, -0.25) is 4.79 Å². The maximum atomic E-state index is 13.7. The van der Waals surface area contributed by atoms with Crippen LogP contribution in [0.2, 0.25) is 0 Å². The molecule has 0 saturated carbocycles. The lowest BCUT2D eigenvalue weighted by molar-refractivity contribution is 0.0740. The summed E-state index contributed by atoms with van der Waals surface area (Å²) in [5.74, 6) is 1.77. The van der Waals surface area contributed by atoms with Gasteiger partial charge in [0, 0.05) is 44.1 Å². The van der Waals surface area contributed by atoms with Crippen molar-refractivity contribution < 1.29 is 9.53 Å². The van der Waals surface area contributed by atoms with Crippen LogP contribution in [0.3, 0.4) is 0 Å². The molecule has 1 amide bonds. The summed E-state index contributed by atoms with van der Waals surface area (Å²) in [6.45, 7) is 15.8. The molecular weight excluding hydrogens is 448 g/mol. The first-order chi connectivity index (χ1) is 17.4. The number of likely N-dealkylation sites (tertiary alicyclic amines) is 1. The second-order valence-corrected chi connectivity index (χ2v) is 11.8.